The van der Waals surface area contributed by atoms with Gasteiger partial charge >= 0.3 is 0 Å². The monoisotopic (exact) mass is 356 g/mol. The average Bonchev–Trinajstić information content (AvgIpc) is 3.33. The van der Waals surface area contributed by atoms with Gasteiger partial charge < -0.3 is 14.2 Å². The first-order valence-corrected chi connectivity index (χ1v) is 9.02. The van der Waals surface area contributed by atoms with Gasteiger partial charge in [-0.05, 0) is 30.0 Å². The Balaban J connectivity index is 1.80. The second kappa shape index (κ2) is 7.98. The molecule has 0 saturated heterocycles. The second-order valence-corrected chi connectivity index (χ2v) is 6.53. The molecule has 3 aromatic rings. The van der Waals surface area contributed by atoms with Crippen molar-refractivity contribution in [2.75, 3.05) is 13.7 Å². The molecule has 1 amide bonds. The number of carbonyl (C=O) groups is 1. The number of ether oxygens (including phenoxy) is 1. The van der Waals surface area contributed by atoms with E-state index in [1.807, 2.05) is 47.8 Å². The normalized spacial score (nSPS) is 10.6. The molecule has 6 heteroatoms. The van der Waals surface area contributed by atoms with Crippen LogP contribution in [0.3, 0.4) is 0 Å². The van der Waals surface area contributed by atoms with E-state index >= 15 is 0 Å². The smallest absolute Gasteiger partial charge is 0.264 e. The zero-order valence-electron chi connectivity index (χ0n) is 14.3. The Kier molecular flexibility index (Phi) is 5.50. The minimum absolute atomic E-state index is 0.0266. The van der Waals surface area contributed by atoms with E-state index in [0.717, 1.165) is 28.3 Å². The minimum atomic E-state index is 0.0266. The van der Waals surface area contributed by atoms with Gasteiger partial charge in [0.15, 0.2) is 5.76 Å². The predicted octanol–water partition coefficient (Wildman–Crippen LogP) is 4.46. The summed E-state index contributed by atoms with van der Waals surface area (Å²) < 4.78 is 10.8. The molecule has 2 heterocycles. The third-order valence-electron chi connectivity index (χ3n) is 3.80. The van der Waals surface area contributed by atoms with Crippen LogP contribution in [0.2, 0.25) is 0 Å². The first kappa shape index (κ1) is 17.2. The number of thiophene rings is 1. The number of benzene rings is 1. The lowest BCUT2D eigenvalue weighted by Gasteiger charge is -2.20. The number of amides is 1. The summed E-state index contributed by atoms with van der Waals surface area (Å²) in [5.41, 5.74) is 1.56. The molecular formula is C19H20N2O3S. The number of hydrogen-bond donors (Lipinski definition) is 0. The summed E-state index contributed by atoms with van der Waals surface area (Å²) in [6.45, 7) is 3.15. The van der Waals surface area contributed by atoms with Gasteiger partial charge in [-0.1, -0.05) is 30.3 Å². The highest BCUT2D eigenvalue weighted by Gasteiger charge is 2.19. The molecular weight excluding hydrogens is 336 g/mol. The van der Waals surface area contributed by atoms with E-state index in [1.165, 1.54) is 11.3 Å². The highest BCUT2D eigenvalue weighted by molar-refractivity contribution is 7.12. The highest BCUT2D eigenvalue weighted by atomic mass is 32.1. The molecule has 0 N–H and O–H groups in total. The summed E-state index contributed by atoms with van der Waals surface area (Å²) in [5.74, 6) is 1.39. The molecule has 0 bridgehead atoms. The van der Waals surface area contributed by atoms with E-state index in [4.69, 9.17) is 9.26 Å². The number of nitrogens with zero attached hydrogens (tertiary/aromatic N) is 2. The van der Waals surface area contributed by atoms with E-state index in [1.54, 1.807) is 12.0 Å². The van der Waals surface area contributed by atoms with Crippen molar-refractivity contribution < 1.29 is 14.1 Å². The maximum atomic E-state index is 12.6. The van der Waals surface area contributed by atoms with Crippen LogP contribution in [0.5, 0.6) is 5.75 Å². The Morgan fingerprint density at radius 1 is 1.28 bits per heavy atom. The summed E-state index contributed by atoms with van der Waals surface area (Å²) >= 11 is 1.45. The van der Waals surface area contributed by atoms with E-state index in [9.17, 15) is 4.79 Å². The number of rotatable bonds is 7. The first-order valence-electron chi connectivity index (χ1n) is 8.14. The molecule has 2 aromatic heterocycles. The van der Waals surface area contributed by atoms with Crippen molar-refractivity contribution in [2.24, 2.45) is 0 Å². The molecule has 25 heavy (non-hydrogen) atoms. The molecule has 0 aliphatic rings. The van der Waals surface area contributed by atoms with Gasteiger partial charge in [0.05, 0.1) is 24.1 Å². The van der Waals surface area contributed by atoms with Crippen LogP contribution >= 0.6 is 11.3 Å². The lowest BCUT2D eigenvalue weighted by atomic mass is 10.1. The van der Waals surface area contributed by atoms with Crippen molar-refractivity contribution in [2.45, 2.75) is 19.9 Å². The van der Waals surface area contributed by atoms with Crippen LogP contribution in [0, 0.1) is 0 Å². The van der Waals surface area contributed by atoms with Crippen LogP contribution in [0.15, 0.2) is 52.4 Å². The average molecular weight is 356 g/mol. The summed E-state index contributed by atoms with van der Waals surface area (Å²) in [6.07, 6.45) is 0.883. The number of aromatic nitrogens is 1. The topological polar surface area (TPSA) is 55.6 Å². The Hall–Kier alpha value is -2.60. The van der Waals surface area contributed by atoms with E-state index < -0.39 is 0 Å². The van der Waals surface area contributed by atoms with Gasteiger partial charge in [0.1, 0.15) is 11.4 Å². The van der Waals surface area contributed by atoms with Crippen LogP contribution in [0.25, 0.3) is 11.3 Å². The molecule has 0 atom stereocenters. The van der Waals surface area contributed by atoms with Crippen molar-refractivity contribution in [3.63, 3.8) is 0 Å². The van der Waals surface area contributed by atoms with Crippen molar-refractivity contribution in [3.05, 3.63) is 58.4 Å². The lowest BCUT2D eigenvalue weighted by Crippen LogP contribution is -2.30. The molecule has 0 saturated carbocycles. The summed E-state index contributed by atoms with van der Waals surface area (Å²) in [4.78, 5) is 15.2. The quantitative estimate of drug-likeness (QED) is 0.627. The lowest BCUT2D eigenvalue weighted by molar-refractivity contribution is 0.0744. The third kappa shape index (κ3) is 3.91. The molecule has 130 valence electrons. The minimum Gasteiger partial charge on any atom is -0.496 e. The molecule has 0 aliphatic carbocycles. The first-order chi connectivity index (χ1) is 12.2. The Bertz CT molecular complexity index is 827. The van der Waals surface area contributed by atoms with Gasteiger partial charge in [0, 0.05) is 12.6 Å². The number of carbonyl (C=O) groups excluding carboxylic acids is 1. The van der Waals surface area contributed by atoms with Crippen LogP contribution in [-0.4, -0.2) is 29.6 Å². The van der Waals surface area contributed by atoms with Gasteiger partial charge in [0.2, 0.25) is 0 Å². The van der Waals surface area contributed by atoms with Gasteiger partial charge in [-0.2, -0.15) is 0 Å². The maximum Gasteiger partial charge on any atom is 0.264 e. The van der Waals surface area contributed by atoms with E-state index in [-0.39, 0.29) is 5.91 Å². The van der Waals surface area contributed by atoms with E-state index in [0.29, 0.717) is 18.8 Å². The molecule has 0 unspecified atom stereocenters. The summed E-state index contributed by atoms with van der Waals surface area (Å²) in [6, 6.07) is 13.2. The van der Waals surface area contributed by atoms with Crippen LogP contribution in [0.4, 0.5) is 0 Å². The van der Waals surface area contributed by atoms with Gasteiger partial charge in [0.25, 0.3) is 5.91 Å². The standard InChI is InChI=1S/C19H20N2O3S/c1-3-10-21(19(22)18-9-6-11-25-18)13-14-12-17(24-20-14)15-7-4-5-8-16(15)23-2/h4-9,11-12H,3,10,13H2,1-2H3. The molecule has 0 radical (unpaired) electrons. The highest BCUT2D eigenvalue weighted by Crippen LogP contribution is 2.30. The predicted molar refractivity (Wildman–Crippen MR) is 97.8 cm³/mol. The molecule has 1 aromatic carbocycles. The number of hydrogen-bond acceptors (Lipinski definition) is 5. The zero-order chi connectivity index (χ0) is 17.6. The van der Waals surface area contributed by atoms with Crippen molar-refractivity contribution in [1.29, 1.82) is 0 Å². The zero-order valence-corrected chi connectivity index (χ0v) is 15.1. The second-order valence-electron chi connectivity index (χ2n) is 5.59. The Morgan fingerprint density at radius 3 is 2.84 bits per heavy atom. The molecule has 0 spiro atoms. The fourth-order valence-corrected chi connectivity index (χ4v) is 3.33. The number of para-hydroxylation sites is 1. The Morgan fingerprint density at radius 2 is 2.12 bits per heavy atom. The number of methoxy groups -OCH3 is 1. The van der Waals surface area contributed by atoms with Crippen molar-refractivity contribution >= 4 is 17.2 Å². The van der Waals surface area contributed by atoms with Crippen LogP contribution in [-0.2, 0) is 6.54 Å². The molecule has 0 aliphatic heterocycles. The Labute approximate surface area is 150 Å². The molecule has 3 rings (SSSR count). The summed E-state index contributed by atoms with van der Waals surface area (Å²) in [5, 5.41) is 6.04. The summed E-state index contributed by atoms with van der Waals surface area (Å²) in [7, 11) is 1.62. The largest absolute Gasteiger partial charge is 0.496 e. The maximum absolute atomic E-state index is 12.6. The van der Waals surface area contributed by atoms with Crippen molar-refractivity contribution in [3.8, 4) is 17.1 Å². The van der Waals surface area contributed by atoms with Crippen LogP contribution in [0.1, 0.15) is 28.7 Å². The fourth-order valence-electron chi connectivity index (χ4n) is 2.64. The molecule has 5 nitrogen and oxygen atoms in total. The fraction of sp³-hybridized carbons (Fsp3) is 0.263. The van der Waals surface area contributed by atoms with Gasteiger partial charge in [-0.25, -0.2) is 0 Å². The van der Waals surface area contributed by atoms with Crippen molar-refractivity contribution in [1.82, 2.24) is 10.1 Å². The molecule has 0 fully saturated rings. The van der Waals surface area contributed by atoms with Gasteiger partial charge in [-0.3, -0.25) is 4.79 Å². The third-order valence-corrected chi connectivity index (χ3v) is 4.65. The van der Waals surface area contributed by atoms with E-state index in [2.05, 4.69) is 12.1 Å². The SMILES string of the molecule is CCCN(Cc1cc(-c2ccccc2OC)on1)C(=O)c1cccs1. The van der Waals surface area contributed by atoms with Gasteiger partial charge in [-0.15, -0.1) is 11.3 Å². The van der Waals surface area contributed by atoms with Crippen LogP contribution < -0.4 is 4.74 Å².